The smallest absolute Gasteiger partial charge is 0.224 e. The van der Waals surface area contributed by atoms with E-state index in [1.54, 1.807) is 30.3 Å². The van der Waals surface area contributed by atoms with E-state index in [2.05, 4.69) is 10.6 Å². The molecule has 0 bridgehead atoms. The van der Waals surface area contributed by atoms with Crippen molar-refractivity contribution in [1.29, 1.82) is 0 Å². The van der Waals surface area contributed by atoms with Gasteiger partial charge in [0.2, 0.25) is 5.91 Å². The van der Waals surface area contributed by atoms with Crippen LogP contribution < -0.4 is 20.1 Å². The van der Waals surface area contributed by atoms with Crippen molar-refractivity contribution in [2.45, 2.75) is 44.3 Å². The van der Waals surface area contributed by atoms with E-state index in [4.69, 9.17) is 14.2 Å². The lowest BCUT2D eigenvalue weighted by atomic mass is 10.1. The molecule has 2 aromatic rings. The summed E-state index contributed by atoms with van der Waals surface area (Å²) in [4.78, 5) is 11.9. The Morgan fingerprint density at radius 2 is 1.71 bits per heavy atom. The van der Waals surface area contributed by atoms with Gasteiger partial charge in [0.1, 0.15) is 36.6 Å². The van der Waals surface area contributed by atoms with Crippen molar-refractivity contribution in [3.05, 3.63) is 59.9 Å². The van der Waals surface area contributed by atoms with Gasteiger partial charge < -0.3 is 30.0 Å². The monoisotopic (exact) mass is 474 g/mol. The molecule has 34 heavy (non-hydrogen) atoms. The lowest BCUT2D eigenvalue weighted by Crippen LogP contribution is -2.37. The second-order valence-electron chi connectivity index (χ2n) is 8.38. The van der Waals surface area contributed by atoms with Gasteiger partial charge >= 0.3 is 0 Å². The fourth-order valence-corrected chi connectivity index (χ4v) is 3.75. The minimum Gasteiger partial charge on any atom is -0.491 e. The zero-order valence-corrected chi connectivity index (χ0v) is 19.5. The van der Waals surface area contributed by atoms with E-state index in [9.17, 15) is 14.3 Å². The van der Waals surface area contributed by atoms with Gasteiger partial charge in [-0.25, -0.2) is 4.39 Å². The summed E-state index contributed by atoms with van der Waals surface area (Å²) in [6, 6.07) is 13.5. The molecule has 3 rings (SSSR count). The highest BCUT2D eigenvalue weighted by molar-refractivity contribution is 5.78. The number of aliphatic hydroxyl groups is 1. The number of benzene rings is 2. The number of amides is 1. The predicted octanol–water partition coefficient (Wildman–Crippen LogP) is 2.85. The Labute approximate surface area is 200 Å². The van der Waals surface area contributed by atoms with Gasteiger partial charge in [0, 0.05) is 19.6 Å². The van der Waals surface area contributed by atoms with E-state index in [0.29, 0.717) is 50.3 Å². The lowest BCUT2D eigenvalue weighted by molar-refractivity contribution is -0.120. The zero-order chi connectivity index (χ0) is 24.0. The Morgan fingerprint density at radius 1 is 1.00 bits per heavy atom. The van der Waals surface area contributed by atoms with E-state index >= 15 is 0 Å². The fourth-order valence-electron chi connectivity index (χ4n) is 3.75. The molecule has 186 valence electrons. The van der Waals surface area contributed by atoms with E-state index in [1.807, 2.05) is 12.1 Å². The van der Waals surface area contributed by atoms with E-state index in [-0.39, 0.29) is 24.8 Å². The molecule has 3 N–H and O–H groups in total. The Hall–Kier alpha value is -2.68. The van der Waals surface area contributed by atoms with Crippen LogP contribution in [0.5, 0.6) is 11.5 Å². The van der Waals surface area contributed by atoms with Crippen LogP contribution in [0, 0.1) is 5.82 Å². The summed E-state index contributed by atoms with van der Waals surface area (Å²) >= 11 is 0. The maximum Gasteiger partial charge on any atom is 0.224 e. The molecular weight excluding hydrogens is 439 g/mol. The number of hydrogen-bond donors (Lipinski definition) is 3. The van der Waals surface area contributed by atoms with Crippen molar-refractivity contribution in [2.24, 2.45) is 0 Å². The first kappa shape index (κ1) is 25.9. The second kappa shape index (κ2) is 14.6. The molecule has 0 heterocycles. The molecule has 1 saturated carbocycles. The first-order valence-corrected chi connectivity index (χ1v) is 12.0. The van der Waals surface area contributed by atoms with E-state index in [1.165, 1.54) is 18.9 Å². The topological polar surface area (TPSA) is 89.1 Å². The Morgan fingerprint density at radius 3 is 2.44 bits per heavy atom. The molecule has 1 unspecified atom stereocenters. The number of carbonyl (C=O) groups excluding carboxylic acids is 1. The third kappa shape index (κ3) is 9.67. The number of nitrogens with one attached hydrogen (secondary N) is 2. The molecule has 1 aliphatic rings. The summed E-state index contributed by atoms with van der Waals surface area (Å²) in [7, 11) is 0. The van der Waals surface area contributed by atoms with E-state index in [0.717, 1.165) is 18.6 Å². The lowest BCUT2D eigenvalue weighted by Gasteiger charge is -2.14. The molecule has 0 spiro atoms. The van der Waals surface area contributed by atoms with Crippen LogP contribution in [0.2, 0.25) is 0 Å². The quantitative estimate of drug-likeness (QED) is 0.344. The molecule has 1 aliphatic carbocycles. The van der Waals surface area contributed by atoms with Gasteiger partial charge in [-0.05, 0) is 48.7 Å². The highest BCUT2D eigenvalue weighted by Gasteiger charge is 2.14. The molecule has 0 aromatic heterocycles. The van der Waals surface area contributed by atoms with Gasteiger partial charge in [-0.2, -0.15) is 0 Å². The van der Waals surface area contributed by atoms with Gasteiger partial charge in [0.05, 0.1) is 19.1 Å². The van der Waals surface area contributed by atoms with Crippen LogP contribution in [-0.2, 0) is 16.0 Å². The Bertz CT molecular complexity index is 859. The molecule has 8 heteroatoms. The number of ether oxygens (including phenoxy) is 3. The Kier molecular flexibility index (Phi) is 11.1. The minimum absolute atomic E-state index is 0.00120. The predicted molar refractivity (Wildman–Crippen MR) is 128 cm³/mol. The second-order valence-corrected chi connectivity index (χ2v) is 8.38. The molecule has 1 amide bonds. The molecule has 0 aliphatic heterocycles. The van der Waals surface area contributed by atoms with Crippen LogP contribution >= 0.6 is 0 Å². The van der Waals surface area contributed by atoms with Gasteiger partial charge in [-0.3, -0.25) is 4.79 Å². The van der Waals surface area contributed by atoms with Crippen molar-refractivity contribution < 1.29 is 28.5 Å². The largest absolute Gasteiger partial charge is 0.491 e. The zero-order valence-electron chi connectivity index (χ0n) is 19.5. The number of rotatable bonds is 15. The van der Waals surface area contributed by atoms with Crippen molar-refractivity contribution >= 4 is 5.91 Å². The third-order valence-electron chi connectivity index (χ3n) is 5.59. The molecule has 1 fully saturated rings. The maximum absolute atomic E-state index is 13.6. The van der Waals surface area contributed by atoms with Gasteiger partial charge in [-0.1, -0.05) is 31.0 Å². The fraction of sp³-hybridized carbons (Fsp3) is 0.500. The van der Waals surface area contributed by atoms with Crippen LogP contribution in [0.1, 0.15) is 31.2 Å². The summed E-state index contributed by atoms with van der Waals surface area (Å²) in [5.41, 5.74) is 0.369. The molecule has 7 nitrogen and oxygen atoms in total. The third-order valence-corrected chi connectivity index (χ3v) is 5.59. The van der Waals surface area contributed by atoms with Crippen molar-refractivity contribution in [1.82, 2.24) is 10.6 Å². The number of halogens is 1. The van der Waals surface area contributed by atoms with Crippen LogP contribution in [0.4, 0.5) is 4.39 Å². The summed E-state index contributed by atoms with van der Waals surface area (Å²) in [5.74, 6) is 0.769. The number of carbonyl (C=O) groups is 1. The first-order chi connectivity index (χ1) is 16.6. The standard InChI is InChI=1S/C26H35FN2O5/c27-25-8-4-1-5-20(25)17-26(31)29-14-13-28-18-21(30)19-34-24-11-9-23(10-12-24)33-16-15-32-22-6-2-3-7-22/h1,4-5,8-12,21-22,28,30H,2-3,6-7,13-19H2,(H,29,31). The normalized spacial score (nSPS) is 14.6. The van der Waals surface area contributed by atoms with Crippen LogP contribution in [-0.4, -0.2) is 62.7 Å². The van der Waals surface area contributed by atoms with Crippen molar-refractivity contribution in [2.75, 3.05) is 39.5 Å². The van der Waals surface area contributed by atoms with Crippen molar-refractivity contribution in [3.8, 4) is 11.5 Å². The molecule has 1 atom stereocenters. The summed E-state index contributed by atoms with van der Waals surface area (Å²) in [6.45, 7) is 2.44. The van der Waals surface area contributed by atoms with Crippen molar-refractivity contribution in [3.63, 3.8) is 0 Å². The van der Waals surface area contributed by atoms with Gasteiger partial charge in [-0.15, -0.1) is 0 Å². The maximum atomic E-state index is 13.6. The van der Waals surface area contributed by atoms with Crippen LogP contribution in [0.3, 0.4) is 0 Å². The summed E-state index contributed by atoms with van der Waals surface area (Å²) < 4.78 is 30.7. The SMILES string of the molecule is O=C(Cc1ccccc1F)NCCNCC(O)COc1ccc(OCCOC2CCCC2)cc1. The number of hydrogen-bond acceptors (Lipinski definition) is 6. The molecular formula is C26H35FN2O5. The summed E-state index contributed by atoms with van der Waals surface area (Å²) in [6.07, 6.45) is 4.52. The van der Waals surface area contributed by atoms with E-state index < -0.39 is 6.10 Å². The van der Waals surface area contributed by atoms with Crippen LogP contribution in [0.15, 0.2) is 48.5 Å². The van der Waals surface area contributed by atoms with Gasteiger partial charge in [0.15, 0.2) is 0 Å². The summed E-state index contributed by atoms with van der Waals surface area (Å²) in [5, 5.41) is 15.9. The molecule has 0 saturated heterocycles. The van der Waals surface area contributed by atoms with Gasteiger partial charge in [0.25, 0.3) is 0 Å². The first-order valence-electron chi connectivity index (χ1n) is 12.0. The number of aliphatic hydroxyl groups excluding tert-OH is 1. The Balaban J connectivity index is 1.20. The highest BCUT2D eigenvalue weighted by atomic mass is 19.1. The molecule has 0 radical (unpaired) electrons. The van der Waals surface area contributed by atoms with Crippen LogP contribution in [0.25, 0.3) is 0 Å². The molecule has 2 aromatic carbocycles. The average Bonchev–Trinajstić information content (AvgIpc) is 3.36. The average molecular weight is 475 g/mol. The highest BCUT2D eigenvalue weighted by Crippen LogP contribution is 2.21. The minimum atomic E-state index is -0.697.